The number of carbonyl (C=O) groups excluding carboxylic acids is 2. The van der Waals surface area contributed by atoms with Crippen LogP contribution in [0.25, 0.3) is 0 Å². The second-order valence-corrected chi connectivity index (χ2v) is 3.01. The molecule has 1 saturated heterocycles. The molecule has 1 aliphatic rings. The van der Waals surface area contributed by atoms with Gasteiger partial charge in [-0.25, -0.2) is 0 Å². The molecule has 0 aromatic rings. The third kappa shape index (κ3) is 1.69. The average Bonchev–Trinajstić information content (AvgIpc) is 2.34. The van der Waals surface area contributed by atoms with Crippen LogP contribution in [0.3, 0.4) is 0 Å². The zero-order valence-corrected chi connectivity index (χ0v) is 6.54. The zero-order chi connectivity index (χ0) is 8.43. The molecule has 1 aliphatic heterocycles. The van der Waals surface area contributed by atoms with Gasteiger partial charge in [0.15, 0.2) is 0 Å². The van der Waals surface area contributed by atoms with Gasteiger partial charge in [0.2, 0.25) is 0 Å². The van der Waals surface area contributed by atoms with E-state index in [1.165, 1.54) is 4.90 Å². The minimum absolute atomic E-state index is 0.498. The van der Waals surface area contributed by atoms with E-state index < -0.39 is 11.8 Å². The summed E-state index contributed by atoms with van der Waals surface area (Å²) in [5.74, 6) is -0.897. The number of likely N-dealkylation sites (tertiary alicyclic amines) is 1. The molecule has 11 heavy (non-hydrogen) atoms. The van der Waals surface area contributed by atoms with Crippen molar-refractivity contribution in [2.75, 3.05) is 13.1 Å². The largest absolute Gasteiger partial charge is 0.361 e. The topological polar surface area (TPSA) is 63.4 Å². The molecular weight excluding hydrogens is 144 g/mol. The van der Waals surface area contributed by atoms with Crippen molar-refractivity contribution in [1.82, 2.24) is 4.90 Å². The molecule has 0 spiro atoms. The van der Waals surface area contributed by atoms with Gasteiger partial charge in [0, 0.05) is 13.1 Å². The molecule has 0 bridgehead atoms. The predicted molar refractivity (Wildman–Crippen MR) is 39.6 cm³/mol. The highest BCUT2D eigenvalue weighted by molar-refractivity contribution is 6.34. The zero-order valence-electron chi connectivity index (χ0n) is 6.54. The Kier molecular flexibility index (Phi) is 2.12. The van der Waals surface area contributed by atoms with Crippen LogP contribution in [0, 0.1) is 5.92 Å². The molecule has 0 unspecified atom stereocenters. The first kappa shape index (κ1) is 8.04. The Morgan fingerprint density at radius 3 is 2.55 bits per heavy atom. The first-order valence-electron chi connectivity index (χ1n) is 3.70. The summed E-state index contributed by atoms with van der Waals surface area (Å²) in [7, 11) is 0. The van der Waals surface area contributed by atoms with Crippen molar-refractivity contribution in [3.05, 3.63) is 0 Å². The van der Waals surface area contributed by atoms with E-state index in [1.807, 2.05) is 6.92 Å². The summed E-state index contributed by atoms with van der Waals surface area (Å²) in [5.41, 5.74) is 4.83. The van der Waals surface area contributed by atoms with Gasteiger partial charge < -0.3 is 10.6 Å². The van der Waals surface area contributed by atoms with E-state index in [9.17, 15) is 9.59 Å². The first-order chi connectivity index (χ1) is 5.11. The molecular formula is C7H12N2O2. The van der Waals surface area contributed by atoms with Crippen LogP contribution in [0.2, 0.25) is 0 Å². The van der Waals surface area contributed by atoms with Gasteiger partial charge in [-0.2, -0.15) is 0 Å². The highest BCUT2D eigenvalue weighted by Gasteiger charge is 2.25. The van der Waals surface area contributed by atoms with Crippen molar-refractivity contribution >= 4 is 11.8 Å². The number of hydrogen-bond donors (Lipinski definition) is 1. The maximum absolute atomic E-state index is 10.9. The number of amides is 2. The number of carbonyl (C=O) groups is 2. The molecule has 0 aromatic carbocycles. The Labute approximate surface area is 65.3 Å². The lowest BCUT2D eigenvalue weighted by Gasteiger charge is -2.12. The van der Waals surface area contributed by atoms with Gasteiger partial charge in [0.05, 0.1) is 0 Å². The van der Waals surface area contributed by atoms with Crippen LogP contribution in [-0.2, 0) is 9.59 Å². The van der Waals surface area contributed by atoms with E-state index in [1.54, 1.807) is 0 Å². The number of hydrogen-bond acceptors (Lipinski definition) is 2. The first-order valence-corrected chi connectivity index (χ1v) is 3.70. The highest BCUT2D eigenvalue weighted by Crippen LogP contribution is 2.14. The molecule has 2 N–H and O–H groups in total. The summed E-state index contributed by atoms with van der Waals surface area (Å²) in [6.07, 6.45) is 0.971. The van der Waals surface area contributed by atoms with Gasteiger partial charge in [-0.15, -0.1) is 0 Å². The van der Waals surface area contributed by atoms with Crippen LogP contribution >= 0.6 is 0 Å². The molecule has 62 valence electrons. The van der Waals surface area contributed by atoms with Gasteiger partial charge in [-0.1, -0.05) is 6.92 Å². The second kappa shape index (κ2) is 2.90. The van der Waals surface area contributed by atoms with Crippen LogP contribution in [0.4, 0.5) is 0 Å². The lowest BCUT2D eigenvalue weighted by Crippen LogP contribution is -2.38. The molecule has 0 aromatic heterocycles. The number of primary amides is 1. The van der Waals surface area contributed by atoms with Crippen LogP contribution in [0.1, 0.15) is 13.3 Å². The molecule has 1 heterocycles. The van der Waals surface area contributed by atoms with Gasteiger partial charge in [-0.05, 0) is 12.3 Å². The van der Waals surface area contributed by atoms with E-state index in [-0.39, 0.29) is 0 Å². The minimum atomic E-state index is -0.848. The lowest BCUT2D eigenvalue weighted by molar-refractivity contribution is -0.143. The molecule has 1 fully saturated rings. The van der Waals surface area contributed by atoms with Gasteiger partial charge in [0.25, 0.3) is 0 Å². The number of nitrogens with zero attached hydrogens (tertiary/aromatic N) is 1. The maximum atomic E-state index is 10.9. The summed E-state index contributed by atoms with van der Waals surface area (Å²) in [6, 6.07) is 0. The molecule has 4 heteroatoms. The summed E-state index contributed by atoms with van der Waals surface area (Å²) >= 11 is 0. The van der Waals surface area contributed by atoms with E-state index in [2.05, 4.69) is 0 Å². The molecule has 2 amide bonds. The normalized spacial score (nSPS) is 23.7. The van der Waals surface area contributed by atoms with Gasteiger partial charge in [-0.3, -0.25) is 9.59 Å². The average molecular weight is 156 g/mol. The van der Waals surface area contributed by atoms with Gasteiger partial charge >= 0.3 is 11.8 Å². The van der Waals surface area contributed by atoms with Crippen LogP contribution in [0.5, 0.6) is 0 Å². The SMILES string of the molecule is C[C@H]1CCN(C(=O)C(N)=O)C1. The van der Waals surface area contributed by atoms with Crippen LogP contribution < -0.4 is 5.73 Å². The smallest absolute Gasteiger partial charge is 0.311 e. The monoisotopic (exact) mass is 156 g/mol. The van der Waals surface area contributed by atoms with E-state index in [0.29, 0.717) is 19.0 Å². The van der Waals surface area contributed by atoms with E-state index in [4.69, 9.17) is 5.73 Å². The van der Waals surface area contributed by atoms with Gasteiger partial charge in [0.1, 0.15) is 0 Å². The Morgan fingerprint density at radius 1 is 1.55 bits per heavy atom. The minimum Gasteiger partial charge on any atom is -0.361 e. The number of nitrogens with two attached hydrogens (primary N) is 1. The predicted octanol–water partition coefficient (Wildman–Crippen LogP) is -0.660. The fraction of sp³-hybridized carbons (Fsp3) is 0.714. The lowest BCUT2D eigenvalue weighted by atomic mass is 10.2. The molecule has 0 saturated carbocycles. The summed E-state index contributed by atoms with van der Waals surface area (Å²) in [5, 5.41) is 0. The van der Waals surface area contributed by atoms with Crippen LogP contribution in [0.15, 0.2) is 0 Å². The third-order valence-electron chi connectivity index (χ3n) is 1.92. The standard InChI is InChI=1S/C7H12N2O2/c1-5-2-3-9(4-5)7(11)6(8)10/h5H,2-4H2,1H3,(H2,8,10)/t5-/m0/s1. The Balaban J connectivity index is 2.50. The summed E-state index contributed by atoms with van der Waals surface area (Å²) in [6.45, 7) is 3.39. The van der Waals surface area contributed by atoms with E-state index >= 15 is 0 Å². The summed E-state index contributed by atoms with van der Waals surface area (Å²) < 4.78 is 0. The van der Waals surface area contributed by atoms with E-state index in [0.717, 1.165) is 6.42 Å². The second-order valence-electron chi connectivity index (χ2n) is 3.01. The number of rotatable bonds is 0. The molecule has 0 radical (unpaired) electrons. The maximum Gasteiger partial charge on any atom is 0.311 e. The Morgan fingerprint density at radius 2 is 2.18 bits per heavy atom. The molecule has 1 atom stereocenters. The fourth-order valence-corrected chi connectivity index (χ4v) is 1.28. The van der Waals surface area contributed by atoms with Crippen molar-refractivity contribution in [1.29, 1.82) is 0 Å². The quantitative estimate of drug-likeness (QED) is 0.473. The molecule has 0 aliphatic carbocycles. The third-order valence-corrected chi connectivity index (χ3v) is 1.92. The molecule has 4 nitrogen and oxygen atoms in total. The van der Waals surface area contributed by atoms with Crippen LogP contribution in [-0.4, -0.2) is 29.8 Å². The highest BCUT2D eigenvalue weighted by atomic mass is 16.2. The van der Waals surface area contributed by atoms with Crippen molar-refractivity contribution in [3.63, 3.8) is 0 Å². The van der Waals surface area contributed by atoms with Crippen molar-refractivity contribution in [3.8, 4) is 0 Å². The Bertz CT molecular complexity index is 191. The summed E-state index contributed by atoms with van der Waals surface area (Å²) in [4.78, 5) is 22.9. The Hall–Kier alpha value is -1.06. The van der Waals surface area contributed by atoms with Crippen molar-refractivity contribution in [2.45, 2.75) is 13.3 Å². The van der Waals surface area contributed by atoms with Crippen molar-refractivity contribution in [2.24, 2.45) is 11.7 Å². The molecule has 1 rings (SSSR count). The fourth-order valence-electron chi connectivity index (χ4n) is 1.28. The van der Waals surface area contributed by atoms with Crippen molar-refractivity contribution < 1.29 is 9.59 Å².